The lowest BCUT2D eigenvalue weighted by molar-refractivity contribution is -0.137. The van der Waals surface area contributed by atoms with Crippen molar-refractivity contribution < 1.29 is 13.2 Å². The highest BCUT2D eigenvalue weighted by atomic mass is 32.2. The standard InChI is InChI=1S/C14H8F3NS2/c15-14(16,17)9-4-3-5-10(8-9)19-13-18-11-6-1-2-7-12(11)20-13/h1-8H. The lowest BCUT2D eigenvalue weighted by Gasteiger charge is -2.07. The second-order valence-corrected chi connectivity index (χ2v) is 6.43. The summed E-state index contributed by atoms with van der Waals surface area (Å²) in [6.07, 6.45) is -4.32. The van der Waals surface area contributed by atoms with E-state index in [2.05, 4.69) is 4.98 Å². The molecule has 0 aliphatic heterocycles. The Hall–Kier alpha value is -1.53. The van der Waals surface area contributed by atoms with E-state index < -0.39 is 11.7 Å². The Morgan fingerprint density at radius 1 is 1.00 bits per heavy atom. The lowest BCUT2D eigenvalue weighted by Crippen LogP contribution is -2.04. The molecule has 1 nitrogen and oxygen atoms in total. The van der Waals surface area contributed by atoms with Gasteiger partial charge in [0, 0.05) is 4.90 Å². The van der Waals surface area contributed by atoms with Crippen LogP contribution >= 0.6 is 23.1 Å². The van der Waals surface area contributed by atoms with Gasteiger partial charge >= 0.3 is 6.18 Å². The SMILES string of the molecule is FC(F)(F)c1cccc(Sc2nc3ccccc3s2)c1. The fraction of sp³-hybridized carbons (Fsp3) is 0.0714. The zero-order valence-electron chi connectivity index (χ0n) is 10.0. The molecular formula is C14H8F3NS2. The molecule has 0 aliphatic carbocycles. The van der Waals surface area contributed by atoms with Gasteiger partial charge in [-0.05, 0) is 30.3 Å². The van der Waals surface area contributed by atoms with Crippen molar-refractivity contribution in [3.63, 3.8) is 0 Å². The number of halogens is 3. The second kappa shape index (κ2) is 5.10. The van der Waals surface area contributed by atoms with Crippen LogP contribution in [-0.2, 0) is 6.18 Å². The van der Waals surface area contributed by atoms with Crippen LogP contribution in [0.3, 0.4) is 0 Å². The number of hydrogen-bond acceptors (Lipinski definition) is 3. The molecule has 0 atom stereocenters. The first-order chi connectivity index (χ1) is 9.52. The van der Waals surface area contributed by atoms with Crippen LogP contribution in [0.25, 0.3) is 10.2 Å². The molecule has 1 heterocycles. The topological polar surface area (TPSA) is 12.9 Å². The molecule has 0 aliphatic rings. The van der Waals surface area contributed by atoms with Crippen LogP contribution < -0.4 is 0 Å². The van der Waals surface area contributed by atoms with Crippen molar-refractivity contribution in [3.05, 3.63) is 54.1 Å². The minimum atomic E-state index is -4.32. The van der Waals surface area contributed by atoms with Gasteiger partial charge in [0.25, 0.3) is 0 Å². The molecule has 0 saturated heterocycles. The van der Waals surface area contributed by atoms with Gasteiger partial charge in [-0.15, -0.1) is 11.3 Å². The maximum Gasteiger partial charge on any atom is 0.416 e. The number of hydrogen-bond donors (Lipinski definition) is 0. The van der Waals surface area contributed by atoms with E-state index in [0.717, 1.165) is 26.7 Å². The van der Waals surface area contributed by atoms with E-state index in [1.165, 1.54) is 29.2 Å². The monoisotopic (exact) mass is 311 g/mol. The number of fused-ring (bicyclic) bond motifs is 1. The van der Waals surface area contributed by atoms with Crippen LogP contribution in [0.2, 0.25) is 0 Å². The van der Waals surface area contributed by atoms with Crippen molar-refractivity contribution in [2.45, 2.75) is 15.4 Å². The van der Waals surface area contributed by atoms with Crippen molar-refractivity contribution >= 4 is 33.3 Å². The summed E-state index contributed by atoms with van der Waals surface area (Å²) in [7, 11) is 0. The zero-order valence-corrected chi connectivity index (χ0v) is 11.6. The fourth-order valence-electron chi connectivity index (χ4n) is 1.73. The van der Waals surface area contributed by atoms with E-state index in [9.17, 15) is 13.2 Å². The molecular weight excluding hydrogens is 303 g/mol. The Morgan fingerprint density at radius 3 is 2.55 bits per heavy atom. The third-order valence-corrected chi connectivity index (χ3v) is 4.73. The van der Waals surface area contributed by atoms with Crippen molar-refractivity contribution in [1.29, 1.82) is 0 Å². The normalized spacial score (nSPS) is 11.9. The molecule has 0 fully saturated rings. The van der Waals surface area contributed by atoms with Gasteiger partial charge in [-0.2, -0.15) is 13.2 Å². The maximum absolute atomic E-state index is 12.7. The Balaban J connectivity index is 1.91. The molecule has 0 saturated carbocycles. The average Bonchev–Trinajstić information content (AvgIpc) is 2.80. The molecule has 6 heteroatoms. The molecule has 0 unspecified atom stereocenters. The average molecular weight is 311 g/mol. The molecule has 0 amide bonds. The highest BCUT2D eigenvalue weighted by Crippen LogP contribution is 2.37. The highest BCUT2D eigenvalue weighted by Gasteiger charge is 2.30. The van der Waals surface area contributed by atoms with Gasteiger partial charge < -0.3 is 0 Å². The summed E-state index contributed by atoms with van der Waals surface area (Å²) in [5, 5.41) is 0. The predicted octanol–water partition coefficient (Wildman–Crippen LogP) is 5.47. The number of para-hydroxylation sites is 1. The number of aromatic nitrogens is 1. The molecule has 0 N–H and O–H groups in total. The third-order valence-electron chi connectivity index (χ3n) is 2.64. The molecule has 20 heavy (non-hydrogen) atoms. The Labute approximate surface area is 121 Å². The molecule has 2 aromatic carbocycles. The van der Waals surface area contributed by atoms with Crippen LogP contribution in [0, 0.1) is 0 Å². The third kappa shape index (κ3) is 2.81. The predicted molar refractivity (Wildman–Crippen MR) is 75.2 cm³/mol. The number of thiazole rings is 1. The fourth-order valence-corrected chi connectivity index (χ4v) is 3.83. The Kier molecular flexibility index (Phi) is 3.43. The summed E-state index contributed by atoms with van der Waals surface area (Å²) in [5.41, 5.74) is 0.232. The minimum absolute atomic E-state index is 0.541. The second-order valence-electron chi connectivity index (χ2n) is 4.08. The van der Waals surface area contributed by atoms with Crippen molar-refractivity contribution in [1.82, 2.24) is 4.98 Å². The summed E-state index contributed by atoms with van der Waals surface area (Å²) in [6, 6.07) is 12.9. The Morgan fingerprint density at radius 2 is 1.80 bits per heavy atom. The van der Waals surface area contributed by atoms with E-state index in [4.69, 9.17) is 0 Å². The van der Waals surface area contributed by atoms with Crippen molar-refractivity contribution in [2.75, 3.05) is 0 Å². The van der Waals surface area contributed by atoms with E-state index in [-0.39, 0.29) is 0 Å². The highest BCUT2D eigenvalue weighted by molar-refractivity contribution is 8.01. The molecule has 0 bridgehead atoms. The van der Waals surface area contributed by atoms with Crippen molar-refractivity contribution in [3.8, 4) is 0 Å². The summed E-state index contributed by atoms with van der Waals surface area (Å²) in [5.74, 6) is 0. The molecule has 0 radical (unpaired) electrons. The summed E-state index contributed by atoms with van der Waals surface area (Å²) < 4.78 is 39.7. The van der Waals surface area contributed by atoms with E-state index in [1.54, 1.807) is 6.07 Å². The summed E-state index contributed by atoms with van der Waals surface area (Å²) in [4.78, 5) is 4.94. The van der Waals surface area contributed by atoms with Crippen LogP contribution in [0.1, 0.15) is 5.56 Å². The quantitative estimate of drug-likeness (QED) is 0.622. The van der Waals surface area contributed by atoms with E-state index in [0.29, 0.717) is 4.90 Å². The van der Waals surface area contributed by atoms with Gasteiger partial charge in [-0.25, -0.2) is 4.98 Å². The van der Waals surface area contributed by atoms with Gasteiger partial charge in [0.15, 0.2) is 4.34 Å². The number of rotatable bonds is 2. The minimum Gasteiger partial charge on any atom is -0.229 e. The summed E-state index contributed by atoms with van der Waals surface area (Å²) >= 11 is 2.73. The first kappa shape index (κ1) is 13.5. The van der Waals surface area contributed by atoms with Gasteiger partial charge in [-0.3, -0.25) is 0 Å². The van der Waals surface area contributed by atoms with Crippen molar-refractivity contribution in [2.24, 2.45) is 0 Å². The summed E-state index contributed by atoms with van der Waals surface area (Å²) in [6.45, 7) is 0. The maximum atomic E-state index is 12.7. The lowest BCUT2D eigenvalue weighted by atomic mass is 10.2. The first-order valence-electron chi connectivity index (χ1n) is 5.73. The number of alkyl halides is 3. The van der Waals surface area contributed by atoms with Crippen LogP contribution in [0.5, 0.6) is 0 Å². The van der Waals surface area contributed by atoms with E-state index >= 15 is 0 Å². The molecule has 0 spiro atoms. The van der Waals surface area contributed by atoms with Gasteiger partial charge in [0.05, 0.1) is 15.8 Å². The zero-order chi connectivity index (χ0) is 14.2. The van der Waals surface area contributed by atoms with Gasteiger partial charge in [0.1, 0.15) is 0 Å². The largest absolute Gasteiger partial charge is 0.416 e. The molecule has 3 rings (SSSR count). The molecule has 3 aromatic rings. The molecule has 102 valence electrons. The van der Waals surface area contributed by atoms with Crippen LogP contribution in [0.4, 0.5) is 13.2 Å². The van der Waals surface area contributed by atoms with Gasteiger partial charge in [-0.1, -0.05) is 30.0 Å². The van der Waals surface area contributed by atoms with Crippen LogP contribution in [-0.4, -0.2) is 4.98 Å². The Bertz CT molecular complexity index is 716. The molecule has 1 aromatic heterocycles. The first-order valence-corrected chi connectivity index (χ1v) is 7.36. The number of nitrogens with zero attached hydrogens (tertiary/aromatic N) is 1. The number of benzene rings is 2. The van der Waals surface area contributed by atoms with Crippen LogP contribution in [0.15, 0.2) is 57.8 Å². The van der Waals surface area contributed by atoms with Gasteiger partial charge in [0.2, 0.25) is 0 Å². The smallest absolute Gasteiger partial charge is 0.229 e. The van der Waals surface area contributed by atoms with E-state index in [1.807, 2.05) is 24.3 Å².